The highest BCUT2D eigenvalue weighted by atomic mass is 32.2. The maximum Gasteiger partial charge on any atom is 0.315 e. The van der Waals surface area contributed by atoms with Crippen molar-refractivity contribution in [3.8, 4) is 0 Å². The molecule has 0 aromatic rings. The summed E-state index contributed by atoms with van der Waals surface area (Å²) >= 11 is 0. The van der Waals surface area contributed by atoms with Gasteiger partial charge in [-0.2, -0.15) is 0 Å². The number of carbonyl (C=O) groups excluding carboxylic acids is 1. The predicted molar refractivity (Wildman–Crippen MR) is 70.3 cm³/mol. The smallest absolute Gasteiger partial charge is 0.315 e. The van der Waals surface area contributed by atoms with Crippen molar-refractivity contribution < 1.29 is 23.1 Å². The lowest BCUT2D eigenvalue weighted by molar-refractivity contribution is -0.160. The molecule has 2 fully saturated rings. The Bertz CT molecular complexity index is 438. The Morgan fingerprint density at radius 1 is 1.32 bits per heavy atom. The zero-order valence-corrected chi connectivity index (χ0v) is 12.1. The average Bonchev–Trinajstić information content (AvgIpc) is 2.85. The van der Waals surface area contributed by atoms with Gasteiger partial charge in [-0.1, -0.05) is 25.7 Å². The number of hydrogen-bond donors (Lipinski definition) is 1. The minimum atomic E-state index is -3.28. The number of sulfone groups is 1. The molecule has 2 atom stereocenters. The van der Waals surface area contributed by atoms with Crippen molar-refractivity contribution in [2.45, 2.75) is 44.6 Å². The van der Waals surface area contributed by atoms with Crippen LogP contribution in [0, 0.1) is 11.3 Å². The predicted octanol–water partition coefficient (Wildman–Crippen LogP) is 0.906. The fourth-order valence-electron chi connectivity index (χ4n) is 3.53. The second-order valence-electron chi connectivity index (χ2n) is 5.90. The van der Waals surface area contributed by atoms with Gasteiger partial charge in [-0.05, 0) is 18.8 Å². The average molecular weight is 290 g/mol. The molecule has 1 heterocycles. The summed E-state index contributed by atoms with van der Waals surface area (Å²) in [5.41, 5.74) is -1.25. The Kier molecular flexibility index (Phi) is 4.20. The van der Waals surface area contributed by atoms with E-state index in [-0.39, 0.29) is 17.9 Å². The zero-order chi connectivity index (χ0) is 14.1. The lowest BCUT2D eigenvalue weighted by Gasteiger charge is -2.40. The fourth-order valence-corrected chi connectivity index (χ4v) is 5.47. The molecule has 2 aliphatic rings. The number of methoxy groups -OCH3 is 1. The second kappa shape index (κ2) is 5.40. The summed E-state index contributed by atoms with van der Waals surface area (Å²) in [5.74, 6) is -0.570. The van der Waals surface area contributed by atoms with E-state index in [9.17, 15) is 18.3 Å². The van der Waals surface area contributed by atoms with E-state index in [4.69, 9.17) is 4.74 Å². The Morgan fingerprint density at radius 3 is 2.53 bits per heavy atom. The third kappa shape index (κ3) is 2.94. The molecule has 6 heteroatoms. The van der Waals surface area contributed by atoms with Crippen molar-refractivity contribution in [1.82, 2.24) is 0 Å². The van der Waals surface area contributed by atoms with E-state index in [0.29, 0.717) is 12.3 Å². The number of aliphatic hydroxyl groups excluding tert-OH is 1. The van der Waals surface area contributed by atoms with Gasteiger partial charge < -0.3 is 9.84 Å². The first-order valence-electron chi connectivity index (χ1n) is 6.86. The first kappa shape index (κ1) is 14.8. The van der Waals surface area contributed by atoms with Crippen LogP contribution in [0.5, 0.6) is 0 Å². The van der Waals surface area contributed by atoms with Crippen molar-refractivity contribution in [3.63, 3.8) is 0 Å². The van der Waals surface area contributed by atoms with Crippen LogP contribution in [-0.2, 0) is 19.4 Å². The van der Waals surface area contributed by atoms with Crippen LogP contribution in [0.3, 0.4) is 0 Å². The summed E-state index contributed by atoms with van der Waals surface area (Å²) in [5, 5.41) is 10.2. The number of rotatable bonds is 3. The largest absolute Gasteiger partial charge is 0.468 e. The number of esters is 1. The van der Waals surface area contributed by atoms with Gasteiger partial charge in [0.2, 0.25) is 0 Å². The quantitative estimate of drug-likeness (QED) is 0.781. The lowest BCUT2D eigenvalue weighted by atomic mass is 9.74. The van der Waals surface area contributed by atoms with E-state index < -0.39 is 27.3 Å². The molecule has 2 unspecified atom stereocenters. The molecule has 0 aromatic heterocycles. The fraction of sp³-hybridized carbons (Fsp3) is 0.923. The Hall–Kier alpha value is -0.620. The van der Waals surface area contributed by atoms with Crippen LogP contribution in [0.2, 0.25) is 0 Å². The van der Waals surface area contributed by atoms with Gasteiger partial charge in [0.1, 0.15) is 5.41 Å². The van der Waals surface area contributed by atoms with Crippen LogP contribution < -0.4 is 0 Å². The van der Waals surface area contributed by atoms with Gasteiger partial charge in [-0.25, -0.2) is 8.42 Å². The molecule has 1 saturated heterocycles. The minimum absolute atomic E-state index is 0.0441. The molecule has 0 aromatic carbocycles. The molecule has 0 radical (unpaired) electrons. The number of ether oxygens (including phenoxy) is 1. The standard InChI is InChI=1S/C13H22O5S/c1-18-12(15)13(8-10-4-2-3-5-10)9-19(16,17)7-6-11(13)14/h10-11,14H,2-9H2,1H3. The van der Waals surface area contributed by atoms with Crippen molar-refractivity contribution in [3.05, 3.63) is 0 Å². The van der Waals surface area contributed by atoms with E-state index in [0.717, 1.165) is 25.7 Å². The minimum Gasteiger partial charge on any atom is -0.468 e. The monoisotopic (exact) mass is 290 g/mol. The molecule has 1 aliphatic heterocycles. The Morgan fingerprint density at radius 2 is 1.95 bits per heavy atom. The third-order valence-electron chi connectivity index (χ3n) is 4.54. The van der Waals surface area contributed by atoms with E-state index in [1.54, 1.807) is 0 Å². The molecule has 19 heavy (non-hydrogen) atoms. The van der Waals surface area contributed by atoms with Crippen LogP contribution in [0.15, 0.2) is 0 Å². The molecular formula is C13H22O5S. The van der Waals surface area contributed by atoms with E-state index in [1.165, 1.54) is 7.11 Å². The van der Waals surface area contributed by atoms with Gasteiger partial charge in [0.25, 0.3) is 0 Å². The van der Waals surface area contributed by atoms with Crippen LogP contribution >= 0.6 is 0 Å². The normalized spacial score (nSPS) is 35.2. The van der Waals surface area contributed by atoms with Gasteiger partial charge in [0, 0.05) is 0 Å². The van der Waals surface area contributed by atoms with Crippen LogP contribution in [0.25, 0.3) is 0 Å². The zero-order valence-electron chi connectivity index (χ0n) is 11.3. The maximum atomic E-state index is 12.1. The summed E-state index contributed by atoms with van der Waals surface area (Å²) in [6.45, 7) is 0. The molecule has 5 nitrogen and oxygen atoms in total. The highest BCUT2D eigenvalue weighted by Crippen LogP contribution is 2.43. The van der Waals surface area contributed by atoms with Crippen LogP contribution in [0.4, 0.5) is 0 Å². The van der Waals surface area contributed by atoms with Gasteiger partial charge in [-0.3, -0.25) is 4.79 Å². The van der Waals surface area contributed by atoms with Crippen LogP contribution in [-0.4, -0.2) is 44.2 Å². The summed E-state index contributed by atoms with van der Waals surface area (Å²) in [6, 6.07) is 0. The van der Waals surface area contributed by atoms with E-state index in [2.05, 4.69) is 0 Å². The van der Waals surface area contributed by atoms with E-state index in [1.807, 2.05) is 0 Å². The molecule has 2 rings (SSSR count). The summed E-state index contributed by atoms with van der Waals surface area (Å²) < 4.78 is 28.6. The molecule has 1 saturated carbocycles. The molecular weight excluding hydrogens is 268 g/mol. The van der Waals surface area contributed by atoms with Crippen LogP contribution in [0.1, 0.15) is 38.5 Å². The van der Waals surface area contributed by atoms with Crippen molar-refractivity contribution in [2.75, 3.05) is 18.6 Å². The van der Waals surface area contributed by atoms with Gasteiger partial charge in [0.05, 0.1) is 24.7 Å². The Balaban J connectivity index is 2.28. The second-order valence-corrected chi connectivity index (χ2v) is 8.08. The summed E-state index contributed by atoms with van der Waals surface area (Å²) in [4.78, 5) is 12.1. The highest BCUT2D eigenvalue weighted by molar-refractivity contribution is 7.91. The Labute approximate surface area is 114 Å². The van der Waals surface area contributed by atoms with Gasteiger partial charge in [-0.15, -0.1) is 0 Å². The maximum absolute atomic E-state index is 12.1. The first-order valence-corrected chi connectivity index (χ1v) is 8.69. The van der Waals surface area contributed by atoms with Gasteiger partial charge in [0.15, 0.2) is 9.84 Å². The SMILES string of the molecule is COC(=O)C1(CC2CCCC2)CS(=O)(=O)CCC1O. The number of aliphatic hydroxyl groups is 1. The highest BCUT2D eigenvalue weighted by Gasteiger charge is 2.53. The number of hydrogen-bond acceptors (Lipinski definition) is 5. The van der Waals surface area contributed by atoms with Gasteiger partial charge >= 0.3 is 5.97 Å². The molecule has 0 amide bonds. The topological polar surface area (TPSA) is 80.7 Å². The molecule has 1 aliphatic carbocycles. The van der Waals surface area contributed by atoms with Crippen molar-refractivity contribution in [2.24, 2.45) is 11.3 Å². The third-order valence-corrected chi connectivity index (χ3v) is 6.35. The molecule has 110 valence electrons. The summed E-state index contributed by atoms with van der Waals surface area (Å²) in [7, 11) is -2.02. The molecule has 0 spiro atoms. The van der Waals surface area contributed by atoms with E-state index >= 15 is 0 Å². The van der Waals surface area contributed by atoms with Crippen molar-refractivity contribution in [1.29, 1.82) is 0 Å². The number of carbonyl (C=O) groups is 1. The van der Waals surface area contributed by atoms with Crippen molar-refractivity contribution >= 4 is 15.8 Å². The summed E-state index contributed by atoms with van der Waals surface area (Å²) in [6.07, 6.45) is 3.89. The first-order chi connectivity index (χ1) is 8.89. The molecule has 0 bridgehead atoms. The lowest BCUT2D eigenvalue weighted by Crippen LogP contribution is -2.53. The molecule has 1 N–H and O–H groups in total.